The van der Waals surface area contributed by atoms with E-state index in [4.69, 9.17) is 0 Å². The molecule has 5 heteroatoms. The van der Waals surface area contributed by atoms with Crippen LogP contribution in [0.1, 0.15) is 25.7 Å². The lowest BCUT2D eigenvalue weighted by atomic mass is 10.0. The minimum Gasteiger partial charge on any atom is -0.435 e. The molecule has 2 aliphatic rings. The summed E-state index contributed by atoms with van der Waals surface area (Å²) in [6.07, 6.45) is 3.27. The standard InChI is InChI=1S/C14H15F2NO2/c15-14(16)19-13-5-3-9(4-6-13)17-10-1-2-11(17)8-12(18)7-10/h3-6,10-11,14H,1-2,7-8H2. The molecule has 0 aromatic heterocycles. The zero-order valence-electron chi connectivity index (χ0n) is 10.4. The number of carbonyl (C=O) groups excluding carboxylic acids is 1. The minimum atomic E-state index is -2.80. The van der Waals surface area contributed by atoms with Crippen molar-refractivity contribution in [3.8, 4) is 5.75 Å². The van der Waals surface area contributed by atoms with Crippen LogP contribution in [0.25, 0.3) is 0 Å². The maximum absolute atomic E-state index is 12.1. The Morgan fingerprint density at radius 2 is 1.68 bits per heavy atom. The molecule has 0 amide bonds. The topological polar surface area (TPSA) is 29.5 Å². The fourth-order valence-corrected chi connectivity index (χ4v) is 3.19. The predicted molar refractivity (Wildman–Crippen MR) is 66.6 cm³/mol. The highest BCUT2D eigenvalue weighted by molar-refractivity contribution is 5.83. The van der Waals surface area contributed by atoms with Gasteiger partial charge < -0.3 is 9.64 Å². The van der Waals surface area contributed by atoms with Gasteiger partial charge >= 0.3 is 6.61 Å². The Labute approximate surface area is 110 Å². The van der Waals surface area contributed by atoms with E-state index in [1.165, 1.54) is 0 Å². The molecule has 2 heterocycles. The minimum absolute atomic E-state index is 0.166. The molecule has 2 atom stereocenters. The Kier molecular flexibility index (Phi) is 3.12. The van der Waals surface area contributed by atoms with Crippen LogP contribution in [0.15, 0.2) is 24.3 Å². The van der Waals surface area contributed by atoms with Crippen molar-refractivity contribution in [2.75, 3.05) is 4.90 Å². The summed E-state index contributed by atoms with van der Waals surface area (Å²) in [5, 5.41) is 0. The van der Waals surface area contributed by atoms with Crippen molar-refractivity contribution >= 4 is 11.5 Å². The number of alkyl halides is 2. The first kappa shape index (κ1) is 12.4. The van der Waals surface area contributed by atoms with Gasteiger partial charge in [0.25, 0.3) is 0 Å². The lowest BCUT2D eigenvalue weighted by Gasteiger charge is -2.36. The maximum atomic E-state index is 12.1. The number of Topliss-reactive ketones (excluding diaryl/α,β-unsaturated/α-hetero) is 1. The van der Waals surface area contributed by atoms with Crippen molar-refractivity contribution in [3.63, 3.8) is 0 Å². The van der Waals surface area contributed by atoms with Crippen LogP contribution in [0.5, 0.6) is 5.75 Å². The van der Waals surface area contributed by atoms with E-state index in [0.29, 0.717) is 18.6 Å². The summed E-state index contributed by atoms with van der Waals surface area (Å²) in [5.74, 6) is 0.501. The van der Waals surface area contributed by atoms with E-state index in [1.54, 1.807) is 24.3 Å². The monoisotopic (exact) mass is 267 g/mol. The van der Waals surface area contributed by atoms with E-state index in [0.717, 1.165) is 18.5 Å². The van der Waals surface area contributed by atoms with E-state index >= 15 is 0 Å². The van der Waals surface area contributed by atoms with Crippen molar-refractivity contribution in [2.24, 2.45) is 0 Å². The largest absolute Gasteiger partial charge is 0.435 e. The molecule has 102 valence electrons. The Hall–Kier alpha value is -1.65. The number of ketones is 1. The number of piperidine rings is 1. The summed E-state index contributed by atoms with van der Waals surface area (Å²) in [6, 6.07) is 7.23. The van der Waals surface area contributed by atoms with Crippen LogP contribution in [0.3, 0.4) is 0 Å². The van der Waals surface area contributed by atoms with Crippen molar-refractivity contribution in [1.29, 1.82) is 0 Å². The van der Waals surface area contributed by atoms with Gasteiger partial charge in [-0.3, -0.25) is 4.79 Å². The summed E-state index contributed by atoms with van der Waals surface area (Å²) in [6.45, 7) is -2.80. The molecule has 2 aliphatic heterocycles. The van der Waals surface area contributed by atoms with Crippen molar-refractivity contribution in [2.45, 2.75) is 44.4 Å². The molecule has 3 rings (SSSR count). The van der Waals surface area contributed by atoms with Gasteiger partial charge in [-0.05, 0) is 37.1 Å². The number of fused-ring (bicyclic) bond motifs is 2. The lowest BCUT2D eigenvalue weighted by Crippen LogP contribution is -2.43. The number of halogens is 2. The normalized spacial score (nSPS) is 26.1. The van der Waals surface area contributed by atoms with E-state index in [2.05, 4.69) is 9.64 Å². The summed E-state index contributed by atoms with van der Waals surface area (Å²) in [4.78, 5) is 13.8. The molecular formula is C14H15F2NO2. The number of hydrogen-bond acceptors (Lipinski definition) is 3. The molecule has 1 aromatic carbocycles. The number of rotatable bonds is 3. The van der Waals surface area contributed by atoms with E-state index < -0.39 is 6.61 Å². The van der Waals surface area contributed by atoms with Gasteiger partial charge in [0, 0.05) is 30.6 Å². The lowest BCUT2D eigenvalue weighted by molar-refractivity contribution is -0.120. The molecule has 0 spiro atoms. The average molecular weight is 267 g/mol. The van der Waals surface area contributed by atoms with Crippen LogP contribution >= 0.6 is 0 Å². The van der Waals surface area contributed by atoms with Crippen LogP contribution in [-0.4, -0.2) is 24.5 Å². The average Bonchev–Trinajstić information content (AvgIpc) is 2.63. The Balaban J connectivity index is 1.78. The molecule has 2 saturated heterocycles. The number of carbonyl (C=O) groups is 1. The van der Waals surface area contributed by atoms with E-state index in [-0.39, 0.29) is 17.8 Å². The third-order valence-electron chi connectivity index (χ3n) is 3.91. The van der Waals surface area contributed by atoms with Crippen LogP contribution in [0.2, 0.25) is 0 Å². The SMILES string of the molecule is O=C1CC2CCC(C1)N2c1ccc(OC(F)F)cc1. The molecule has 0 saturated carbocycles. The maximum Gasteiger partial charge on any atom is 0.387 e. The zero-order chi connectivity index (χ0) is 13.4. The molecule has 2 fully saturated rings. The van der Waals surface area contributed by atoms with Gasteiger partial charge in [-0.15, -0.1) is 0 Å². The summed E-state index contributed by atoms with van der Waals surface area (Å²) in [5.41, 5.74) is 0.988. The van der Waals surface area contributed by atoms with Crippen LogP contribution in [-0.2, 0) is 4.79 Å². The number of benzene rings is 1. The molecule has 0 N–H and O–H groups in total. The van der Waals surface area contributed by atoms with Crippen LogP contribution < -0.4 is 9.64 Å². The second kappa shape index (κ2) is 4.79. The highest BCUT2D eigenvalue weighted by Crippen LogP contribution is 2.38. The second-order valence-corrected chi connectivity index (χ2v) is 5.11. The first-order valence-electron chi connectivity index (χ1n) is 6.48. The van der Waals surface area contributed by atoms with Crippen molar-refractivity contribution in [1.82, 2.24) is 0 Å². The van der Waals surface area contributed by atoms with Crippen molar-refractivity contribution < 1.29 is 18.3 Å². The number of ether oxygens (including phenoxy) is 1. The van der Waals surface area contributed by atoms with Crippen LogP contribution in [0, 0.1) is 0 Å². The predicted octanol–water partition coefficient (Wildman–Crippen LogP) is 2.99. The third-order valence-corrected chi connectivity index (χ3v) is 3.91. The molecule has 19 heavy (non-hydrogen) atoms. The second-order valence-electron chi connectivity index (χ2n) is 5.11. The highest BCUT2D eigenvalue weighted by Gasteiger charge is 2.39. The fraction of sp³-hybridized carbons (Fsp3) is 0.500. The fourth-order valence-electron chi connectivity index (χ4n) is 3.19. The summed E-state index contributed by atoms with van der Waals surface area (Å²) < 4.78 is 28.5. The molecule has 0 aliphatic carbocycles. The van der Waals surface area contributed by atoms with Crippen LogP contribution in [0.4, 0.5) is 14.5 Å². The molecule has 2 bridgehead atoms. The number of hydrogen-bond donors (Lipinski definition) is 0. The Morgan fingerprint density at radius 1 is 1.11 bits per heavy atom. The Morgan fingerprint density at radius 3 is 2.21 bits per heavy atom. The zero-order valence-corrected chi connectivity index (χ0v) is 10.4. The number of anilines is 1. The molecule has 2 unspecified atom stereocenters. The van der Waals surface area contributed by atoms with Gasteiger partial charge in [0.1, 0.15) is 11.5 Å². The van der Waals surface area contributed by atoms with Gasteiger partial charge in [0.2, 0.25) is 0 Å². The molecule has 1 aromatic rings. The molecule has 0 radical (unpaired) electrons. The Bertz CT molecular complexity index is 459. The first-order valence-corrected chi connectivity index (χ1v) is 6.48. The van der Waals surface area contributed by atoms with E-state index in [1.807, 2.05) is 0 Å². The van der Waals surface area contributed by atoms with E-state index in [9.17, 15) is 13.6 Å². The van der Waals surface area contributed by atoms with Gasteiger partial charge in [0.05, 0.1) is 0 Å². The van der Waals surface area contributed by atoms with Gasteiger partial charge in [-0.25, -0.2) is 0 Å². The quantitative estimate of drug-likeness (QED) is 0.843. The highest BCUT2D eigenvalue weighted by atomic mass is 19.3. The van der Waals surface area contributed by atoms with Crippen molar-refractivity contribution in [3.05, 3.63) is 24.3 Å². The smallest absolute Gasteiger partial charge is 0.387 e. The third kappa shape index (κ3) is 2.41. The molecular weight excluding hydrogens is 252 g/mol. The number of nitrogens with zero attached hydrogens (tertiary/aromatic N) is 1. The van der Waals surface area contributed by atoms with Gasteiger partial charge in [-0.1, -0.05) is 0 Å². The first-order chi connectivity index (χ1) is 9.13. The van der Waals surface area contributed by atoms with Gasteiger partial charge in [0.15, 0.2) is 0 Å². The molecule has 3 nitrogen and oxygen atoms in total. The van der Waals surface area contributed by atoms with Gasteiger partial charge in [-0.2, -0.15) is 8.78 Å². The summed E-state index contributed by atoms with van der Waals surface area (Å²) in [7, 11) is 0. The summed E-state index contributed by atoms with van der Waals surface area (Å²) >= 11 is 0.